The third-order valence-electron chi connectivity index (χ3n) is 1.65. The zero-order valence-corrected chi connectivity index (χ0v) is 7.27. The summed E-state index contributed by atoms with van der Waals surface area (Å²) in [6, 6.07) is 4.15. The van der Waals surface area contributed by atoms with E-state index in [9.17, 15) is 9.59 Å². The van der Waals surface area contributed by atoms with Crippen LogP contribution in [0.2, 0.25) is 0 Å². The number of benzene rings is 1. The molecule has 0 atom stereocenters. The van der Waals surface area contributed by atoms with Gasteiger partial charge in [0.2, 0.25) is 0 Å². The van der Waals surface area contributed by atoms with Crippen LogP contribution in [-0.4, -0.2) is 17.5 Å². The zero-order chi connectivity index (χ0) is 10.6. The van der Waals surface area contributed by atoms with Crippen LogP contribution in [0, 0.1) is 0 Å². The second-order valence-corrected chi connectivity index (χ2v) is 2.48. The monoisotopic (exact) mass is 192 g/mol. The summed E-state index contributed by atoms with van der Waals surface area (Å²) in [4.78, 5) is 20.7. The van der Waals surface area contributed by atoms with E-state index in [1.54, 1.807) is 0 Å². The summed E-state index contributed by atoms with van der Waals surface area (Å²) >= 11 is 0. The van der Waals surface area contributed by atoms with Crippen LogP contribution in [0.4, 0.5) is 0 Å². The lowest BCUT2D eigenvalue weighted by atomic mass is 10.1. The van der Waals surface area contributed by atoms with Crippen molar-refractivity contribution in [1.82, 2.24) is 0 Å². The van der Waals surface area contributed by atoms with Crippen molar-refractivity contribution >= 4 is 18.5 Å². The summed E-state index contributed by atoms with van der Waals surface area (Å²) in [6.45, 7) is 3.77. The van der Waals surface area contributed by atoms with Gasteiger partial charge in [-0.1, -0.05) is 12.7 Å². The van der Waals surface area contributed by atoms with E-state index in [1.165, 1.54) is 24.3 Å². The van der Waals surface area contributed by atoms with Crippen molar-refractivity contribution in [2.45, 2.75) is 0 Å². The first kappa shape index (κ1) is 9.98. The van der Waals surface area contributed by atoms with Crippen molar-refractivity contribution < 1.29 is 19.4 Å². The summed E-state index contributed by atoms with van der Waals surface area (Å²) in [5.41, 5.74) is 0.593. The number of rotatable bonds is 4. The van der Waals surface area contributed by atoms with Gasteiger partial charge in [0.25, 0.3) is 6.47 Å². The Morgan fingerprint density at radius 3 is 2.71 bits per heavy atom. The van der Waals surface area contributed by atoms with Gasteiger partial charge >= 0.3 is 5.97 Å². The van der Waals surface area contributed by atoms with Crippen molar-refractivity contribution in [3.8, 4) is 5.75 Å². The predicted molar refractivity (Wildman–Crippen MR) is 50.2 cm³/mol. The second-order valence-electron chi connectivity index (χ2n) is 2.48. The molecule has 14 heavy (non-hydrogen) atoms. The van der Waals surface area contributed by atoms with E-state index in [-0.39, 0.29) is 12.0 Å². The molecule has 1 aromatic rings. The first-order valence-electron chi connectivity index (χ1n) is 3.79. The van der Waals surface area contributed by atoms with E-state index >= 15 is 0 Å². The highest BCUT2D eigenvalue weighted by Crippen LogP contribution is 2.20. The highest BCUT2D eigenvalue weighted by atomic mass is 16.5. The fraction of sp³-hybridized carbons (Fsp3) is 0. The smallest absolute Gasteiger partial charge is 0.335 e. The van der Waals surface area contributed by atoms with Gasteiger partial charge in [0.1, 0.15) is 5.75 Å². The minimum atomic E-state index is -1.04. The maximum atomic E-state index is 10.6. The van der Waals surface area contributed by atoms with Crippen molar-refractivity contribution in [1.29, 1.82) is 0 Å². The number of carboxylic acid groups (broad SMARTS) is 1. The molecule has 0 bridgehead atoms. The van der Waals surface area contributed by atoms with Crippen LogP contribution in [0.1, 0.15) is 15.9 Å². The van der Waals surface area contributed by atoms with Gasteiger partial charge in [-0.05, 0) is 18.2 Å². The molecule has 0 fully saturated rings. The quantitative estimate of drug-likeness (QED) is 0.735. The highest BCUT2D eigenvalue weighted by molar-refractivity contribution is 5.89. The summed E-state index contributed by atoms with van der Waals surface area (Å²) in [5, 5.41) is 8.68. The van der Waals surface area contributed by atoms with Gasteiger partial charge in [0.15, 0.2) is 0 Å². The Hall–Kier alpha value is -2.10. The molecule has 0 heterocycles. The number of carbonyl (C=O) groups is 2. The van der Waals surface area contributed by atoms with Crippen molar-refractivity contribution in [2.24, 2.45) is 0 Å². The van der Waals surface area contributed by atoms with Gasteiger partial charge in [-0.15, -0.1) is 0 Å². The summed E-state index contributed by atoms with van der Waals surface area (Å²) in [7, 11) is 0. The topological polar surface area (TPSA) is 63.6 Å². The van der Waals surface area contributed by atoms with E-state index in [4.69, 9.17) is 5.11 Å². The van der Waals surface area contributed by atoms with Crippen LogP contribution in [0.15, 0.2) is 24.8 Å². The van der Waals surface area contributed by atoms with Crippen molar-refractivity contribution in [3.63, 3.8) is 0 Å². The number of hydrogen-bond acceptors (Lipinski definition) is 3. The van der Waals surface area contributed by atoms with Crippen LogP contribution in [-0.2, 0) is 4.79 Å². The number of carbonyl (C=O) groups excluding carboxylic acids is 1. The van der Waals surface area contributed by atoms with Crippen molar-refractivity contribution in [3.05, 3.63) is 35.9 Å². The second kappa shape index (κ2) is 4.23. The molecule has 0 radical (unpaired) electrons. The van der Waals surface area contributed by atoms with E-state index < -0.39 is 5.97 Å². The van der Waals surface area contributed by atoms with Crippen molar-refractivity contribution in [2.75, 3.05) is 0 Å². The molecule has 0 amide bonds. The largest absolute Gasteiger partial charge is 0.478 e. The minimum Gasteiger partial charge on any atom is -0.478 e. The third-order valence-corrected chi connectivity index (χ3v) is 1.65. The predicted octanol–water partition coefficient (Wildman–Crippen LogP) is 1.56. The van der Waals surface area contributed by atoms with Crippen LogP contribution >= 0.6 is 0 Å². The summed E-state index contributed by atoms with van der Waals surface area (Å²) in [5.74, 6) is -0.745. The van der Waals surface area contributed by atoms with Gasteiger partial charge in [0.05, 0.1) is 5.56 Å². The number of aromatic carboxylic acids is 1. The lowest BCUT2D eigenvalue weighted by Gasteiger charge is -2.03. The summed E-state index contributed by atoms with van der Waals surface area (Å²) < 4.78 is 4.62. The minimum absolute atomic E-state index is 0.123. The van der Waals surface area contributed by atoms with Crippen LogP contribution in [0.3, 0.4) is 0 Å². The number of ether oxygens (including phenoxy) is 1. The molecule has 0 aliphatic heterocycles. The molecule has 1 N–H and O–H groups in total. The molecule has 0 aromatic heterocycles. The Labute approximate surface area is 80.4 Å². The van der Waals surface area contributed by atoms with Gasteiger partial charge in [-0.2, -0.15) is 0 Å². The van der Waals surface area contributed by atoms with Gasteiger partial charge in [-0.3, -0.25) is 4.79 Å². The standard InChI is InChI=1S/C10H8O4/c1-2-7-5-8(10(12)13)3-4-9(7)14-6-11/h2-6H,1H2,(H,12,13). The molecule has 0 aliphatic rings. The average Bonchev–Trinajstić information content (AvgIpc) is 2.18. The van der Waals surface area contributed by atoms with E-state index in [1.807, 2.05) is 0 Å². The maximum absolute atomic E-state index is 10.6. The van der Waals surface area contributed by atoms with E-state index in [0.717, 1.165) is 0 Å². The molecule has 4 nitrogen and oxygen atoms in total. The molecule has 1 aromatic carbocycles. The van der Waals surface area contributed by atoms with Gasteiger partial charge in [0, 0.05) is 5.56 Å². The number of carboxylic acids is 1. The average molecular weight is 192 g/mol. The van der Waals surface area contributed by atoms with Crippen LogP contribution in [0.25, 0.3) is 6.08 Å². The number of hydrogen-bond donors (Lipinski definition) is 1. The lowest BCUT2D eigenvalue weighted by molar-refractivity contribution is -0.120. The Morgan fingerprint density at radius 1 is 1.50 bits per heavy atom. The zero-order valence-electron chi connectivity index (χ0n) is 7.27. The molecule has 0 unspecified atom stereocenters. The molecule has 0 spiro atoms. The highest BCUT2D eigenvalue weighted by Gasteiger charge is 2.06. The van der Waals surface area contributed by atoms with Crippen LogP contribution < -0.4 is 4.74 Å². The SMILES string of the molecule is C=Cc1cc(C(=O)O)ccc1OC=O. The Bertz CT molecular complexity index is 382. The molecule has 0 aliphatic carbocycles. The molecule has 0 saturated heterocycles. The van der Waals surface area contributed by atoms with Gasteiger partial charge < -0.3 is 9.84 Å². The molecular formula is C10H8O4. The third kappa shape index (κ3) is 1.98. The molecule has 72 valence electrons. The molecular weight excluding hydrogens is 184 g/mol. The van der Waals surface area contributed by atoms with E-state index in [2.05, 4.69) is 11.3 Å². The Balaban J connectivity index is 3.17. The first-order chi connectivity index (χ1) is 6.69. The lowest BCUT2D eigenvalue weighted by Crippen LogP contribution is -1.98. The normalized spacial score (nSPS) is 9.14. The van der Waals surface area contributed by atoms with Gasteiger partial charge in [-0.25, -0.2) is 4.79 Å². The molecule has 4 heteroatoms. The Kier molecular flexibility index (Phi) is 3.01. The maximum Gasteiger partial charge on any atom is 0.335 e. The molecule has 0 saturated carbocycles. The molecule has 1 rings (SSSR count). The van der Waals surface area contributed by atoms with Crippen LogP contribution in [0.5, 0.6) is 5.75 Å². The fourth-order valence-corrected chi connectivity index (χ4v) is 1.00. The van der Waals surface area contributed by atoms with E-state index in [0.29, 0.717) is 11.3 Å². The summed E-state index contributed by atoms with van der Waals surface area (Å²) in [6.07, 6.45) is 1.42. The Morgan fingerprint density at radius 2 is 2.21 bits per heavy atom. The fourth-order valence-electron chi connectivity index (χ4n) is 1.00. The first-order valence-corrected chi connectivity index (χ1v) is 3.79.